The highest BCUT2D eigenvalue weighted by molar-refractivity contribution is 7.89. The molecule has 0 atom stereocenters. The fourth-order valence-electron chi connectivity index (χ4n) is 1.46. The van der Waals surface area contributed by atoms with Crippen LogP contribution in [-0.4, -0.2) is 34.9 Å². The molecule has 0 unspecified atom stereocenters. The Bertz CT molecular complexity index is 633. The number of nitrogens with two attached hydrogens (primary N) is 1. The summed E-state index contributed by atoms with van der Waals surface area (Å²) in [6, 6.07) is 0. The minimum absolute atomic E-state index is 0.0212. The molecule has 2 aromatic heterocycles. The molecular formula is C9H14N6O3S. The van der Waals surface area contributed by atoms with Gasteiger partial charge < -0.3 is 10.3 Å². The van der Waals surface area contributed by atoms with Crippen LogP contribution in [0.15, 0.2) is 21.9 Å². The molecule has 10 heteroatoms. The smallest absolute Gasteiger partial charge is 0.245 e. The van der Waals surface area contributed by atoms with Gasteiger partial charge in [-0.3, -0.25) is 4.68 Å². The number of rotatable bonds is 6. The van der Waals surface area contributed by atoms with Crippen molar-refractivity contribution < 1.29 is 12.9 Å². The van der Waals surface area contributed by atoms with Gasteiger partial charge in [0.25, 0.3) is 0 Å². The molecule has 0 bridgehead atoms. The summed E-state index contributed by atoms with van der Waals surface area (Å²) in [6.45, 7) is 2.52. The third-order valence-corrected chi connectivity index (χ3v) is 3.88. The lowest BCUT2D eigenvalue weighted by Gasteiger charge is -2.03. The van der Waals surface area contributed by atoms with E-state index < -0.39 is 10.0 Å². The Kier molecular flexibility index (Phi) is 3.81. The molecule has 3 N–H and O–H groups in total. The first kappa shape index (κ1) is 13.5. The molecule has 2 rings (SSSR count). The highest BCUT2D eigenvalue weighted by atomic mass is 32.2. The average Bonchev–Trinajstić information content (AvgIpc) is 2.98. The van der Waals surface area contributed by atoms with Crippen molar-refractivity contribution in [2.45, 2.75) is 24.8 Å². The van der Waals surface area contributed by atoms with E-state index in [-0.39, 0.29) is 17.3 Å². The second-order valence-corrected chi connectivity index (χ2v) is 5.45. The third kappa shape index (κ3) is 3.09. The minimum Gasteiger partial charge on any atom is -0.381 e. The van der Waals surface area contributed by atoms with Crippen molar-refractivity contribution in [1.82, 2.24) is 24.6 Å². The van der Waals surface area contributed by atoms with Gasteiger partial charge in [-0.1, -0.05) is 5.16 Å². The zero-order chi connectivity index (χ0) is 13.9. The van der Waals surface area contributed by atoms with E-state index in [1.54, 1.807) is 0 Å². The summed E-state index contributed by atoms with van der Waals surface area (Å²) in [5.41, 5.74) is 5.58. The predicted octanol–water partition coefficient (Wildman–Crippen LogP) is -0.611. The van der Waals surface area contributed by atoms with E-state index in [0.29, 0.717) is 18.9 Å². The van der Waals surface area contributed by atoms with Gasteiger partial charge in [-0.25, -0.2) is 13.1 Å². The van der Waals surface area contributed by atoms with Gasteiger partial charge in [0.05, 0.1) is 0 Å². The summed E-state index contributed by atoms with van der Waals surface area (Å²) in [5, 5.41) is 7.32. The van der Waals surface area contributed by atoms with Crippen LogP contribution in [0.5, 0.6) is 0 Å². The van der Waals surface area contributed by atoms with Crippen LogP contribution in [0.4, 0.5) is 5.82 Å². The fourth-order valence-corrected chi connectivity index (χ4v) is 2.57. The van der Waals surface area contributed by atoms with E-state index in [2.05, 4.69) is 20.0 Å². The van der Waals surface area contributed by atoms with Crippen LogP contribution in [0.1, 0.15) is 12.8 Å². The van der Waals surface area contributed by atoms with Gasteiger partial charge in [0.15, 0.2) is 12.1 Å². The van der Waals surface area contributed by atoms with Crippen LogP contribution >= 0.6 is 0 Å². The number of hydrogen-bond acceptors (Lipinski definition) is 7. The molecule has 9 nitrogen and oxygen atoms in total. The second kappa shape index (κ2) is 5.36. The van der Waals surface area contributed by atoms with Gasteiger partial charge in [-0.05, 0) is 6.92 Å². The summed E-state index contributed by atoms with van der Waals surface area (Å²) in [5.74, 6) is 0.340. The number of nitrogens with one attached hydrogen (secondary N) is 1. The number of aromatic nitrogens is 4. The highest BCUT2D eigenvalue weighted by Crippen LogP contribution is 2.15. The van der Waals surface area contributed by atoms with Crippen molar-refractivity contribution >= 4 is 15.8 Å². The lowest BCUT2D eigenvalue weighted by molar-refractivity contribution is 0.377. The van der Waals surface area contributed by atoms with Gasteiger partial charge >= 0.3 is 0 Å². The van der Waals surface area contributed by atoms with E-state index in [1.807, 2.05) is 6.92 Å². The summed E-state index contributed by atoms with van der Waals surface area (Å²) in [7, 11) is -3.68. The third-order valence-electron chi connectivity index (χ3n) is 2.41. The molecular weight excluding hydrogens is 272 g/mol. The SMILES string of the molecule is CCn1cc(S(=O)(=O)NCCc2ncno2)c(N)n1. The summed E-state index contributed by atoms with van der Waals surface area (Å²) < 4.78 is 32.6. The Morgan fingerprint density at radius 2 is 2.32 bits per heavy atom. The van der Waals surface area contributed by atoms with Crippen LogP contribution in [0, 0.1) is 0 Å². The maximum absolute atomic E-state index is 12.0. The van der Waals surface area contributed by atoms with Crippen molar-refractivity contribution in [1.29, 1.82) is 0 Å². The molecule has 0 saturated heterocycles. The van der Waals surface area contributed by atoms with Gasteiger partial charge in [0.2, 0.25) is 15.9 Å². The Morgan fingerprint density at radius 1 is 1.53 bits per heavy atom. The van der Waals surface area contributed by atoms with Crippen LogP contribution in [-0.2, 0) is 23.0 Å². The molecule has 0 aliphatic heterocycles. The Balaban J connectivity index is 2.03. The first-order chi connectivity index (χ1) is 9.03. The van der Waals surface area contributed by atoms with E-state index >= 15 is 0 Å². The molecule has 104 valence electrons. The van der Waals surface area contributed by atoms with Crippen molar-refractivity contribution in [2.75, 3.05) is 12.3 Å². The van der Waals surface area contributed by atoms with Crippen LogP contribution in [0.25, 0.3) is 0 Å². The van der Waals surface area contributed by atoms with Gasteiger partial charge in [-0.2, -0.15) is 10.1 Å². The molecule has 0 spiro atoms. The van der Waals surface area contributed by atoms with Crippen molar-refractivity contribution in [3.63, 3.8) is 0 Å². The second-order valence-electron chi connectivity index (χ2n) is 3.72. The minimum atomic E-state index is -3.68. The standard InChI is InChI=1S/C9H14N6O3S/c1-2-15-5-7(9(10)14-15)19(16,17)13-4-3-8-11-6-12-18-8/h5-6,13H,2-4H2,1H3,(H2,10,14). The Morgan fingerprint density at radius 3 is 2.89 bits per heavy atom. The first-order valence-electron chi connectivity index (χ1n) is 5.61. The van der Waals surface area contributed by atoms with Crippen molar-refractivity contribution in [3.8, 4) is 0 Å². The molecule has 0 saturated carbocycles. The van der Waals surface area contributed by atoms with Crippen LogP contribution < -0.4 is 10.5 Å². The van der Waals surface area contributed by atoms with E-state index in [4.69, 9.17) is 10.3 Å². The lowest BCUT2D eigenvalue weighted by Crippen LogP contribution is -2.26. The molecule has 0 amide bonds. The van der Waals surface area contributed by atoms with Crippen molar-refractivity contribution in [3.05, 3.63) is 18.4 Å². The number of nitrogen functional groups attached to an aromatic ring is 1. The zero-order valence-electron chi connectivity index (χ0n) is 10.3. The fraction of sp³-hybridized carbons (Fsp3) is 0.444. The summed E-state index contributed by atoms with van der Waals surface area (Å²) in [6.07, 6.45) is 2.96. The predicted molar refractivity (Wildman–Crippen MR) is 65.5 cm³/mol. The topological polar surface area (TPSA) is 129 Å². The number of aryl methyl sites for hydroxylation is 1. The highest BCUT2D eigenvalue weighted by Gasteiger charge is 2.20. The first-order valence-corrected chi connectivity index (χ1v) is 7.09. The van der Waals surface area contributed by atoms with Gasteiger partial charge in [-0.15, -0.1) is 0 Å². The number of sulfonamides is 1. The van der Waals surface area contributed by atoms with E-state index in [1.165, 1.54) is 17.2 Å². The maximum atomic E-state index is 12.0. The molecule has 2 aromatic rings. The Labute approximate surface area is 109 Å². The molecule has 2 heterocycles. The summed E-state index contributed by atoms with van der Waals surface area (Å²) >= 11 is 0. The summed E-state index contributed by atoms with van der Waals surface area (Å²) in [4.78, 5) is 3.76. The largest absolute Gasteiger partial charge is 0.381 e. The van der Waals surface area contributed by atoms with Crippen LogP contribution in [0.2, 0.25) is 0 Å². The number of hydrogen-bond donors (Lipinski definition) is 2. The number of anilines is 1. The lowest BCUT2D eigenvalue weighted by atomic mass is 10.4. The molecule has 0 aromatic carbocycles. The van der Waals surface area contributed by atoms with Crippen molar-refractivity contribution in [2.24, 2.45) is 0 Å². The average molecular weight is 286 g/mol. The normalized spacial score (nSPS) is 11.8. The molecule has 0 aliphatic carbocycles. The van der Waals surface area contributed by atoms with Gasteiger partial charge in [0, 0.05) is 25.7 Å². The van der Waals surface area contributed by atoms with Gasteiger partial charge in [0.1, 0.15) is 4.90 Å². The molecule has 0 fully saturated rings. The Hall–Kier alpha value is -1.94. The molecule has 19 heavy (non-hydrogen) atoms. The van der Waals surface area contributed by atoms with Crippen LogP contribution in [0.3, 0.4) is 0 Å². The van der Waals surface area contributed by atoms with E-state index in [9.17, 15) is 8.42 Å². The molecule has 0 aliphatic rings. The monoisotopic (exact) mass is 286 g/mol. The maximum Gasteiger partial charge on any atom is 0.245 e. The quantitative estimate of drug-likeness (QED) is 0.724. The van der Waals surface area contributed by atoms with E-state index in [0.717, 1.165) is 0 Å². The number of nitrogens with zero attached hydrogens (tertiary/aromatic N) is 4. The molecule has 0 radical (unpaired) electrons. The zero-order valence-corrected chi connectivity index (χ0v) is 11.1.